The molecular weight excluding hydrogens is 328 g/mol. The fourth-order valence-corrected chi connectivity index (χ4v) is 3.40. The molecule has 26 heavy (non-hydrogen) atoms. The molecule has 1 aromatic carbocycles. The Balaban J connectivity index is 1.61. The van der Waals surface area contributed by atoms with Gasteiger partial charge in [0.1, 0.15) is 0 Å². The molecule has 0 N–H and O–H groups in total. The summed E-state index contributed by atoms with van der Waals surface area (Å²) >= 11 is 0. The smallest absolute Gasteiger partial charge is 0.239 e. The van der Waals surface area contributed by atoms with Crippen LogP contribution < -0.4 is 0 Å². The molecule has 0 radical (unpaired) electrons. The summed E-state index contributed by atoms with van der Waals surface area (Å²) in [6.45, 7) is 8.00. The van der Waals surface area contributed by atoms with Crippen molar-refractivity contribution >= 4 is 5.91 Å². The van der Waals surface area contributed by atoms with Crippen LogP contribution in [0.2, 0.25) is 0 Å². The number of amides is 1. The molecule has 1 aliphatic rings. The first-order valence-corrected chi connectivity index (χ1v) is 9.17. The van der Waals surface area contributed by atoms with Crippen LogP contribution in [-0.2, 0) is 16.1 Å². The normalized spacial score (nSPS) is 21.8. The van der Waals surface area contributed by atoms with Gasteiger partial charge in [-0.15, -0.1) is 0 Å². The lowest BCUT2D eigenvalue weighted by Crippen LogP contribution is -2.53. The van der Waals surface area contributed by atoms with Crippen LogP contribution in [0.25, 0.3) is 5.69 Å². The summed E-state index contributed by atoms with van der Waals surface area (Å²) in [6.07, 6.45) is 4.05. The van der Waals surface area contributed by atoms with Gasteiger partial charge in [0.25, 0.3) is 0 Å². The first kappa shape index (κ1) is 18.6. The van der Waals surface area contributed by atoms with Crippen molar-refractivity contribution in [2.24, 2.45) is 0 Å². The van der Waals surface area contributed by atoms with Crippen LogP contribution in [0.1, 0.15) is 26.3 Å². The predicted molar refractivity (Wildman–Crippen MR) is 101 cm³/mol. The molecule has 1 fully saturated rings. The number of likely N-dealkylation sites (N-methyl/N-ethyl adjacent to an activating group) is 1. The first-order valence-electron chi connectivity index (χ1n) is 9.17. The van der Waals surface area contributed by atoms with Gasteiger partial charge in [-0.2, -0.15) is 5.10 Å². The topological polar surface area (TPSA) is 50.6 Å². The number of hydrogen-bond donors (Lipinski definition) is 0. The van der Waals surface area contributed by atoms with E-state index in [2.05, 4.69) is 10.00 Å². The molecule has 0 spiro atoms. The average Bonchev–Trinajstić information content (AvgIpc) is 3.09. The highest BCUT2D eigenvalue weighted by atomic mass is 16.5. The summed E-state index contributed by atoms with van der Waals surface area (Å²) in [5, 5.41) is 4.43. The number of aromatic nitrogens is 2. The molecule has 0 saturated carbocycles. The van der Waals surface area contributed by atoms with E-state index in [1.165, 1.54) is 0 Å². The molecular formula is C20H28N4O2. The van der Waals surface area contributed by atoms with Crippen LogP contribution in [0, 0.1) is 0 Å². The average molecular weight is 356 g/mol. The summed E-state index contributed by atoms with van der Waals surface area (Å²) in [5.74, 6) is 0.157. The van der Waals surface area contributed by atoms with Gasteiger partial charge in [0.2, 0.25) is 5.91 Å². The standard InChI is InChI=1S/C20H28N4O2/c1-15-11-23(12-16(2)26-15)20(25)17(3)22(4)13-18-10-21-24(14-18)19-8-6-5-7-9-19/h5-10,14-17H,11-13H2,1-4H3. The zero-order valence-corrected chi connectivity index (χ0v) is 16.0. The van der Waals surface area contributed by atoms with E-state index in [0.29, 0.717) is 19.6 Å². The molecule has 140 valence electrons. The summed E-state index contributed by atoms with van der Waals surface area (Å²) in [7, 11) is 1.98. The lowest BCUT2D eigenvalue weighted by molar-refractivity contribution is -0.147. The Labute approximate surface area is 155 Å². The van der Waals surface area contributed by atoms with E-state index >= 15 is 0 Å². The molecule has 2 aromatic rings. The lowest BCUT2D eigenvalue weighted by Gasteiger charge is -2.38. The van der Waals surface area contributed by atoms with Crippen molar-refractivity contribution in [2.45, 2.75) is 45.6 Å². The minimum absolute atomic E-state index is 0.0873. The van der Waals surface area contributed by atoms with Crippen LogP contribution >= 0.6 is 0 Å². The number of para-hydroxylation sites is 1. The van der Waals surface area contributed by atoms with E-state index in [4.69, 9.17) is 4.74 Å². The molecule has 6 heteroatoms. The molecule has 1 saturated heterocycles. The van der Waals surface area contributed by atoms with Crippen LogP contribution in [0.4, 0.5) is 0 Å². The molecule has 3 atom stereocenters. The lowest BCUT2D eigenvalue weighted by atomic mass is 10.1. The molecule has 1 aliphatic heterocycles. The molecule has 1 amide bonds. The maximum Gasteiger partial charge on any atom is 0.239 e. The van der Waals surface area contributed by atoms with E-state index in [1.807, 2.05) is 80.1 Å². The number of benzene rings is 1. The van der Waals surface area contributed by atoms with Gasteiger partial charge in [-0.3, -0.25) is 9.69 Å². The minimum atomic E-state index is -0.187. The number of morpholine rings is 1. The Hall–Kier alpha value is -2.18. The van der Waals surface area contributed by atoms with Gasteiger partial charge >= 0.3 is 0 Å². The third-order valence-electron chi connectivity index (χ3n) is 4.84. The summed E-state index contributed by atoms with van der Waals surface area (Å²) in [6, 6.07) is 9.83. The molecule has 0 bridgehead atoms. The highest BCUT2D eigenvalue weighted by Gasteiger charge is 2.30. The minimum Gasteiger partial charge on any atom is -0.372 e. The molecule has 3 unspecified atom stereocenters. The van der Waals surface area contributed by atoms with Crippen LogP contribution in [0.5, 0.6) is 0 Å². The summed E-state index contributed by atoms with van der Waals surface area (Å²) in [4.78, 5) is 16.8. The number of ether oxygens (including phenoxy) is 1. The quantitative estimate of drug-likeness (QED) is 0.825. The van der Waals surface area contributed by atoms with Crippen molar-refractivity contribution < 1.29 is 9.53 Å². The maximum absolute atomic E-state index is 12.9. The fraction of sp³-hybridized carbons (Fsp3) is 0.500. The second kappa shape index (κ2) is 8.01. The zero-order chi connectivity index (χ0) is 18.7. The number of carbonyl (C=O) groups is 1. The van der Waals surface area contributed by atoms with Crippen molar-refractivity contribution in [3.05, 3.63) is 48.3 Å². The Morgan fingerprint density at radius 2 is 1.92 bits per heavy atom. The monoisotopic (exact) mass is 356 g/mol. The zero-order valence-electron chi connectivity index (χ0n) is 16.0. The van der Waals surface area contributed by atoms with Crippen LogP contribution in [0.3, 0.4) is 0 Å². The SMILES string of the molecule is CC1CN(C(=O)C(C)N(C)Cc2cnn(-c3ccccc3)c2)CC(C)O1. The van der Waals surface area contributed by atoms with Crippen molar-refractivity contribution in [3.63, 3.8) is 0 Å². The van der Waals surface area contributed by atoms with Gasteiger partial charge in [0.15, 0.2) is 0 Å². The number of hydrogen-bond acceptors (Lipinski definition) is 4. The molecule has 3 rings (SSSR count). The van der Waals surface area contributed by atoms with Gasteiger partial charge in [-0.1, -0.05) is 18.2 Å². The van der Waals surface area contributed by atoms with Gasteiger partial charge in [-0.25, -0.2) is 4.68 Å². The largest absolute Gasteiger partial charge is 0.372 e. The molecule has 6 nitrogen and oxygen atoms in total. The third-order valence-corrected chi connectivity index (χ3v) is 4.84. The fourth-order valence-electron chi connectivity index (χ4n) is 3.40. The summed E-state index contributed by atoms with van der Waals surface area (Å²) < 4.78 is 7.59. The van der Waals surface area contributed by atoms with E-state index in [1.54, 1.807) is 0 Å². The van der Waals surface area contributed by atoms with Crippen molar-refractivity contribution in [1.29, 1.82) is 0 Å². The number of rotatable bonds is 5. The van der Waals surface area contributed by atoms with Crippen LogP contribution in [-0.4, -0.2) is 63.9 Å². The first-order chi connectivity index (χ1) is 12.4. The number of nitrogens with zero attached hydrogens (tertiary/aromatic N) is 4. The Morgan fingerprint density at radius 3 is 2.58 bits per heavy atom. The van der Waals surface area contributed by atoms with Gasteiger partial charge in [0.05, 0.1) is 30.1 Å². The Kier molecular flexibility index (Phi) is 5.74. The maximum atomic E-state index is 12.9. The van der Waals surface area contributed by atoms with E-state index < -0.39 is 0 Å². The summed E-state index contributed by atoms with van der Waals surface area (Å²) in [5.41, 5.74) is 2.11. The Morgan fingerprint density at radius 1 is 1.27 bits per heavy atom. The van der Waals surface area contributed by atoms with Gasteiger partial charge < -0.3 is 9.64 Å². The second-order valence-corrected chi connectivity index (χ2v) is 7.22. The van der Waals surface area contributed by atoms with Gasteiger partial charge in [-0.05, 0) is 40.0 Å². The second-order valence-electron chi connectivity index (χ2n) is 7.22. The van der Waals surface area contributed by atoms with Crippen molar-refractivity contribution in [2.75, 3.05) is 20.1 Å². The van der Waals surface area contributed by atoms with Gasteiger partial charge in [0, 0.05) is 31.4 Å². The predicted octanol–water partition coefficient (Wildman–Crippen LogP) is 2.33. The Bertz CT molecular complexity index is 720. The third kappa shape index (κ3) is 4.31. The van der Waals surface area contributed by atoms with Crippen LogP contribution in [0.15, 0.2) is 42.7 Å². The molecule has 0 aliphatic carbocycles. The molecule has 1 aromatic heterocycles. The highest BCUT2D eigenvalue weighted by Crippen LogP contribution is 2.15. The van der Waals surface area contributed by atoms with Crippen molar-refractivity contribution in [1.82, 2.24) is 19.6 Å². The number of carbonyl (C=O) groups excluding carboxylic acids is 1. The van der Waals surface area contributed by atoms with E-state index in [-0.39, 0.29) is 24.2 Å². The highest BCUT2D eigenvalue weighted by molar-refractivity contribution is 5.81. The molecule has 2 heterocycles. The van der Waals surface area contributed by atoms with Crippen molar-refractivity contribution in [3.8, 4) is 5.69 Å². The van der Waals surface area contributed by atoms with E-state index in [0.717, 1.165) is 11.3 Å². The van der Waals surface area contributed by atoms with E-state index in [9.17, 15) is 4.79 Å².